The van der Waals surface area contributed by atoms with Gasteiger partial charge in [-0.3, -0.25) is 9.52 Å². The predicted molar refractivity (Wildman–Crippen MR) is 133 cm³/mol. The Morgan fingerprint density at radius 2 is 1.68 bits per heavy atom. The van der Waals surface area contributed by atoms with Crippen LogP contribution in [-0.2, 0) is 14.8 Å². The van der Waals surface area contributed by atoms with Gasteiger partial charge in [0.25, 0.3) is 0 Å². The molecular weight excluding hydrogens is 450 g/mol. The van der Waals surface area contributed by atoms with Gasteiger partial charge in [-0.25, -0.2) is 8.42 Å². The lowest BCUT2D eigenvalue weighted by Gasteiger charge is -2.64. The van der Waals surface area contributed by atoms with E-state index in [2.05, 4.69) is 32.4 Å². The molecule has 11 atom stereocenters. The van der Waals surface area contributed by atoms with Gasteiger partial charge in [-0.1, -0.05) is 34.1 Å². The van der Waals surface area contributed by atoms with Crippen molar-refractivity contribution in [3.05, 3.63) is 0 Å². The molecule has 0 aromatic rings. The number of amides is 1. The van der Waals surface area contributed by atoms with E-state index in [0.29, 0.717) is 41.9 Å². The second-order valence-electron chi connectivity index (χ2n) is 12.9. The molecular formula is C27H47NO5S. The number of aliphatic hydroxyl groups excluding tert-OH is 2. The van der Waals surface area contributed by atoms with Gasteiger partial charge in [0.05, 0.1) is 18.5 Å². The fraction of sp³-hybridized carbons (Fsp3) is 0.963. The van der Waals surface area contributed by atoms with Gasteiger partial charge >= 0.3 is 0 Å². The summed E-state index contributed by atoms with van der Waals surface area (Å²) in [7, 11) is -3.51. The van der Waals surface area contributed by atoms with Crippen LogP contribution in [0.3, 0.4) is 0 Å². The van der Waals surface area contributed by atoms with E-state index in [4.69, 9.17) is 0 Å². The van der Waals surface area contributed by atoms with E-state index < -0.39 is 15.9 Å². The molecule has 0 radical (unpaired) electrons. The van der Waals surface area contributed by atoms with Crippen molar-refractivity contribution in [2.24, 2.45) is 52.3 Å². The topological polar surface area (TPSA) is 104 Å². The van der Waals surface area contributed by atoms with E-state index >= 15 is 0 Å². The van der Waals surface area contributed by atoms with E-state index in [1.165, 1.54) is 0 Å². The molecule has 4 aliphatic carbocycles. The van der Waals surface area contributed by atoms with Crippen LogP contribution in [0.2, 0.25) is 0 Å². The molecule has 4 unspecified atom stereocenters. The van der Waals surface area contributed by atoms with Crippen LogP contribution in [0.1, 0.15) is 91.9 Å². The normalized spacial score (nSPS) is 47.3. The molecule has 0 heterocycles. The number of carbonyl (C=O) groups is 1. The maximum atomic E-state index is 12.1. The highest BCUT2D eigenvalue weighted by Crippen LogP contribution is 2.69. The molecule has 0 aromatic heterocycles. The van der Waals surface area contributed by atoms with Crippen molar-refractivity contribution in [1.82, 2.24) is 4.72 Å². The minimum Gasteiger partial charge on any atom is -0.393 e. The molecule has 0 spiro atoms. The first-order valence-electron chi connectivity index (χ1n) is 13.7. The van der Waals surface area contributed by atoms with Crippen molar-refractivity contribution in [3.63, 3.8) is 0 Å². The van der Waals surface area contributed by atoms with Crippen molar-refractivity contribution in [2.75, 3.05) is 6.26 Å². The third-order valence-electron chi connectivity index (χ3n) is 11.3. The van der Waals surface area contributed by atoms with Gasteiger partial charge in [0, 0.05) is 6.42 Å². The van der Waals surface area contributed by atoms with Crippen LogP contribution in [0.25, 0.3) is 0 Å². The summed E-state index contributed by atoms with van der Waals surface area (Å²) in [6.45, 7) is 9.34. The molecule has 0 bridgehead atoms. The van der Waals surface area contributed by atoms with Crippen LogP contribution in [0.15, 0.2) is 0 Å². The third-order valence-corrected chi connectivity index (χ3v) is 11.9. The van der Waals surface area contributed by atoms with E-state index in [-0.39, 0.29) is 35.4 Å². The number of rotatable bonds is 6. The summed E-state index contributed by atoms with van der Waals surface area (Å²) in [5, 5.41) is 22.2. The first-order chi connectivity index (χ1) is 15.8. The van der Waals surface area contributed by atoms with Gasteiger partial charge in [0.15, 0.2) is 0 Å². The Hall–Kier alpha value is -0.660. The zero-order valence-electron chi connectivity index (χ0n) is 21.8. The number of carbonyl (C=O) groups excluding carboxylic acids is 1. The Kier molecular flexibility index (Phi) is 7.25. The number of hydrogen-bond acceptors (Lipinski definition) is 5. The zero-order chi connectivity index (χ0) is 25.1. The SMILES string of the molecule is CC[C@@H]1C2C[C@H](O)CC[C@@]2(C)[C@H]2CCC3(C)C([C@H](C)CCC(=O)NS(C)(=O)=O)CC[C@H]3C2[C@@H]1O. The van der Waals surface area contributed by atoms with Crippen LogP contribution in [0.4, 0.5) is 0 Å². The monoisotopic (exact) mass is 497 g/mol. The van der Waals surface area contributed by atoms with Crippen molar-refractivity contribution in [1.29, 1.82) is 0 Å². The molecule has 4 saturated carbocycles. The molecule has 4 aliphatic rings. The Bertz CT molecular complexity index is 876. The highest BCUT2D eigenvalue weighted by atomic mass is 32.2. The average Bonchev–Trinajstić information content (AvgIpc) is 3.09. The van der Waals surface area contributed by atoms with Crippen molar-refractivity contribution < 1.29 is 23.4 Å². The molecule has 0 saturated heterocycles. The zero-order valence-corrected chi connectivity index (χ0v) is 22.6. The maximum absolute atomic E-state index is 12.1. The van der Waals surface area contributed by atoms with E-state index in [0.717, 1.165) is 57.6 Å². The molecule has 0 aromatic carbocycles. The Labute approximate surface area is 206 Å². The Balaban J connectivity index is 1.52. The molecule has 7 heteroatoms. The number of sulfonamides is 1. The fourth-order valence-corrected chi connectivity index (χ4v) is 10.3. The Morgan fingerprint density at radius 1 is 1.03 bits per heavy atom. The standard InChI is InChI=1S/C27H47NO5S/c1-6-18-22-15-17(29)11-13-27(22,4)21-12-14-26(3)19(8-9-20(26)24(21)25(18)31)16(2)7-10-23(30)28-34(5,32)33/h16-22,24-25,29,31H,6-15H2,1-5H3,(H,28,30)/t16-,17-,18-,19?,20+,21+,22?,24?,25-,26?,27+/m1/s1. The van der Waals surface area contributed by atoms with Crippen molar-refractivity contribution in [2.45, 2.75) is 104 Å². The highest BCUT2D eigenvalue weighted by Gasteiger charge is 2.64. The summed E-state index contributed by atoms with van der Waals surface area (Å²) < 4.78 is 24.8. The summed E-state index contributed by atoms with van der Waals surface area (Å²) in [6, 6.07) is 0. The molecule has 4 rings (SSSR count). The van der Waals surface area contributed by atoms with Crippen LogP contribution in [0.5, 0.6) is 0 Å². The largest absolute Gasteiger partial charge is 0.393 e. The fourth-order valence-electron chi connectivity index (χ4n) is 9.75. The Morgan fingerprint density at radius 3 is 2.32 bits per heavy atom. The average molecular weight is 498 g/mol. The van der Waals surface area contributed by atoms with Gasteiger partial charge < -0.3 is 10.2 Å². The lowest BCUT2D eigenvalue weighted by molar-refractivity contribution is -0.203. The van der Waals surface area contributed by atoms with E-state index in [1.807, 2.05) is 0 Å². The first-order valence-corrected chi connectivity index (χ1v) is 15.6. The molecule has 3 N–H and O–H groups in total. The number of aliphatic hydroxyl groups is 2. The summed E-state index contributed by atoms with van der Waals surface area (Å²) in [6.07, 6.45) is 9.78. The smallest absolute Gasteiger partial charge is 0.233 e. The molecule has 6 nitrogen and oxygen atoms in total. The lowest BCUT2D eigenvalue weighted by atomic mass is 9.41. The number of nitrogens with one attached hydrogen (secondary N) is 1. The van der Waals surface area contributed by atoms with Gasteiger partial charge in [0.1, 0.15) is 0 Å². The summed E-state index contributed by atoms with van der Waals surface area (Å²) in [5.74, 6) is 2.44. The molecule has 196 valence electrons. The molecule has 1 amide bonds. The van der Waals surface area contributed by atoms with Gasteiger partial charge in [-0.15, -0.1) is 0 Å². The minimum atomic E-state index is -3.51. The molecule has 34 heavy (non-hydrogen) atoms. The maximum Gasteiger partial charge on any atom is 0.233 e. The van der Waals surface area contributed by atoms with Crippen LogP contribution >= 0.6 is 0 Å². The van der Waals surface area contributed by atoms with Gasteiger partial charge in [0.2, 0.25) is 15.9 Å². The van der Waals surface area contributed by atoms with E-state index in [1.54, 1.807) is 0 Å². The third kappa shape index (κ3) is 4.47. The van der Waals surface area contributed by atoms with Gasteiger partial charge in [-0.05, 0) is 104 Å². The summed E-state index contributed by atoms with van der Waals surface area (Å²) >= 11 is 0. The van der Waals surface area contributed by atoms with Crippen LogP contribution in [-0.4, -0.2) is 43.0 Å². The number of hydrogen-bond donors (Lipinski definition) is 3. The second kappa shape index (κ2) is 9.33. The summed E-state index contributed by atoms with van der Waals surface area (Å²) in [5.41, 5.74) is 0.364. The van der Waals surface area contributed by atoms with Crippen LogP contribution < -0.4 is 4.72 Å². The van der Waals surface area contributed by atoms with Crippen LogP contribution in [0, 0.1) is 52.3 Å². The quantitative estimate of drug-likeness (QED) is 0.512. The van der Waals surface area contributed by atoms with Gasteiger partial charge in [-0.2, -0.15) is 0 Å². The predicted octanol–water partition coefficient (Wildman–Crippen LogP) is 4.11. The first kappa shape index (κ1) is 26.4. The number of fused-ring (bicyclic) bond motifs is 5. The molecule has 4 fully saturated rings. The minimum absolute atomic E-state index is 0.157. The van der Waals surface area contributed by atoms with Crippen molar-refractivity contribution in [3.8, 4) is 0 Å². The highest BCUT2D eigenvalue weighted by molar-refractivity contribution is 7.89. The second-order valence-corrected chi connectivity index (χ2v) is 14.7. The van der Waals surface area contributed by atoms with Crippen molar-refractivity contribution >= 4 is 15.9 Å². The lowest BCUT2D eigenvalue weighted by Crippen LogP contribution is -2.62. The molecule has 0 aliphatic heterocycles. The summed E-state index contributed by atoms with van der Waals surface area (Å²) in [4.78, 5) is 12.1. The van der Waals surface area contributed by atoms with E-state index in [9.17, 15) is 23.4 Å².